The predicted octanol–water partition coefficient (Wildman–Crippen LogP) is 2.93. The van der Waals surface area contributed by atoms with Crippen molar-refractivity contribution in [3.8, 4) is 11.3 Å². The van der Waals surface area contributed by atoms with Crippen molar-refractivity contribution in [3.05, 3.63) is 58.9 Å². The van der Waals surface area contributed by atoms with Crippen LogP contribution in [0.3, 0.4) is 0 Å². The van der Waals surface area contributed by atoms with E-state index in [1.807, 2.05) is 41.8 Å². The second-order valence-corrected chi connectivity index (χ2v) is 6.70. The fraction of sp³-hybridized carbons (Fsp3) is 0.350. The van der Waals surface area contributed by atoms with Crippen LogP contribution in [0.25, 0.3) is 11.3 Å². The van der Waals surface area contributed by atoms with Crippen molar-refractivity contribution < 1.29 is 9.21 Å². The van der Waals surface area contributed by atoms with Gasteiger partial charge in [0.15, 0.2) is 5.89 Å². The van der Waals surface area contributed by atoms with Crippen molar-refractivity contribution in [1.82, 2.24) is 19.7 Å². The topological polar surface area (TPSA) is 64.2 Å². The molecule has 0 bridgehead atoms. The predicted molar refractivity (Wildman–Crippen MR) is 97.9 cm³/mol. The monoisotopic (exact) mass is 350 g/mol. The number of benzene rings is 1. The van der Waals surface area contributed by atoms with E-state index in [9.17, 15) is 4.79 Å². The Balaban J connectivity index is 1.61. The first kappa shape index (κ1) is 16.6. The van der Waals surface area contributed by atoms with Gasteiger partial charge in [-0.15, -0.1) is 0 Å². The van der Waals surface area contributed by atoms with Crippen LogP contribution in [0.15, 0.2) is 34.7 Å². The number of hydrogen-bond donors (Lipinski definition) is 0. The van der Waals surface area contributed by atoms with Gasteiger partial charge >= 0.3 is 0 Å². The third-order valence-electron chi connectivity index (χ3n) is 4.91. The van der Waals surface area contributed by atoms with Crippen molar-refractivity contribution >= 4 is 5.91 Å². The Bertz CT molecular complexity index is 956. The SMILES string of the molecule is Cc1nc(C)c(C(=O)N2CCc3nn(C)c(-c4ccccc4)c3CC2)o1. The van der Waals surface area contributed by atoms with Gasteiger partial charge in [-0.25, -0.2) is 4.98 Å². The molecule has 3 heterocycles. The summed E-state index contributed by atoms with van der Waals surface area (Å²) in [4.78, 5) is 18.9. The highest BCUT2D eigenvalue weighted by molar-refractivity contribution is 5.92. The molecule has 6 heteroatoms. The molecule has 6 nitrogen and oxygen atoms in total. The first-order valence-corrected chi connectivity index (χ1v) is 8.88. The molecule has 0 saturated heterocycles. The van der Waals surface area contributed by atoms with E-state index >= 15 is 0 Å². The van der Waals surface area contributed by atoms with Crippen LogP contribution in [0, 0.1) is 13.8 Å². The lowest BCUT2D eigenvalue weighted by Gasteiger charge is -2.19. The lowest BCUT2D eigenvalue weighted by Crippen LogP contribution is -2.33. The van der Waals surface area contributed by atoms with Crippen LogP contribution in [0.4, 0.5) is 0 Å². The van der Waals surface area contributed by atoms with Crippen molar-refractivity contribution in [2.24, 2.45) is 7.05 Å². The summed E-state index contributed by atoms with van der Waals surface area (Å²) in [7, 11) is 1.99. The minimum absolute atomic E-state index is 0.0844. The summed E-state index contributed by atoms with van der Waals surface area (Å²) in [6, 6.07) is 10.3. The van der Waals surface area contributed by atoms with Crippen LogP contribution >= 0.6 is 0 Å². The summed E-state index contributed by atoms with van der Waals surface area (Å²) >= 11 is 0. The average Bonchev–Trinajstić information content (AvgIpc) is 3.05. The average molecular weight is 350 g/mol. The fourth-order valence-corrected chi connectivity index (χ4v) is 3.72. The van der Waals surface area contributed by atoms with Crippen molar-refractivity contribution in [2.75, 3.05) is 13.1 Å². The van der Waals surface area contributed by atoms with Gasteiger partial charge in [0.2, 0.25) is 5.76 Å². The number of aromatic nitrogens is 3. The number of fused-ring (bicyclic) bond motifs is 1. The molecule has 26 heavy (non-hydrogen) atoms. The minimum Gasteiger partial charge on any atom is -0.436 e. The molecule has 3 aromatic rings. The Morgan fingerprint density at radius 2 is 1.85 bits per heavy atom. The van der Waals surface area contributed by atoms with Gasteiger partial charge in [0, 0.05) is 44.6 Å². The molecule has 0 saturated carbocycles. The summed E-state index contributed by atoms with van der Waals surface area (Å²) in [6.07, 6.45) is 1.53. The number of aryl methyl sites for hydroxylation is 3. The van der Waals surface area contributed by atoms with Crippen molar-refractivity contribution in [2.45, 2.75) is 26.7 Å². The lowest BCUT2D eigenvalue weighted by atomic mass is 10.0. The zero-order valence-electron chi connectivity index (χ0n) is 15.3. The smallest absolute Gasteiger partial charge is 0.291 e. The Morgan fingerprint density at radius 1 is 1.12 bits per heavy atom. The van der Waals surface area contributed by atoms with E-state index in [0.29, 0.717) is 30.4 Å². The van der Waals surface area contributed by atoms with Crippen LogP contribution in [0.2, 0.25) is 0 Å². The number of amides is 1. The van der Waals surface area contributed by atoms with Gasteiger partial charge in [0.1, 0.15) is 0 Å². The highest BCUT2D eigenvalue weighted by atomic mass is 16.4. The lowest BCUT2D eigenvalue weighted by molar-refractivity contribution is 0.0728. The summed E-state index contributed by atoms with van der Waals surface area (Å²) in [5.74, 6) is 0.794. The van der Waals surface area contributed by atoms with E-state index in [2.05, 4.69) is 17.1 Å². The van der Waals surface area contributed by atoms with Crippen LogP contribution in [0.1, 0.15) is 33.4 Å². The molecule has 0 atom stereocenters. The van der Waals surface area contributed by atoms with Gasteiger partial charge in [-0.1, -0.05) is 30.3 Å². The Kier molecular flexibility index (Phi) is 4.11. The molecule has 0 N–H and O–H groups in total. The molecular weight excluding hydrogens is 328 g/mol. The highest BCUT2D eigenvalue weighted by Gasteiger charge is 2.27. The van der Waals surface area contributed by atoms with E-state index in [4.69, 9.17) is 9.52 Å². The first-order valence-electron chi connectivity index (χ1n) is 8.88. The maximum atomic E-state index is 12.8. The zero-order valence-corrected chi connectivity index (χ0v) is 15.3. The highest BCUT2D eigenvalue weighted by Crippen LogP contribution is 2.29. The number of rotatable bonds is 2. The molecule has 1 aromatic carbocycles. The molecule has 1 aliphatic heterocycles. The Morgan fingerprint density at radius 3 is 2.54 bits per heavy atom. The van der Waals surface area contributed by atoms with Crippen LogP contribution in [0.5, 0.6) is 0 Å². The quantitative estimate of drug-likeness (QED) is 0.713. The van der Waals surface area contributed by atoms with Crippen LogP contribution < -0.4 is 0 Å². The summed E-state index contributed by atoms with van der Waals surface area (Å²) in [5.41, 5.74) is 5.26. The maximum Gasteiger partial charge on any atom is 0.291 e. The summed E-state index contributed by atoms with van der Waals surface area (Å²) in [6.45, 7) is 4.86. The molecule has 134 valence electrons. The number of oxazole rings is 1. The molecular formula is C20H22N4O2. The summed E-state index contributed by atoms with van der Waals surface area (Å²) in [5, 5.41) is 4.72. The van der Waals surface area contributed by atoms with Crippen molar-refractivity contribution in [3.63, 3.8) is 0 Å². The minimum atomic E-state index is -0.0844. The summed E-state index contributed by atoms with van der Waals surface area (Å²) < 4.78 is 7.48. The second kappa shape index (κ2) is 6.44. The van der Waals surface area contributed by atoms with E-state index in [-0.39, 0.29) is 5.91 Å². The molecule has 0 spiro atoms. The van der Waals surface area contributed by atoms with Gasteiger partial charge in [-0.3, -0.25) is 9.48 Å². The third kappa shape index (κ3) is 2.81. The Hall–Kier alpha value is -2.89. The van der Waals surface area contributed by atoms with E-state index in [1.165, 1.54) is 5.56 Å². The van der Waals surface area contributed by atoms with E-state index in [1.54, 1.807) is 6.92 Å². The van der Waals surface area contributed by atoms with Gasteiger partial charge in [0.25, 0.3) is 5.91 Å². The van der Waals surface area contributed by atoms with E-state index in [0.717, 1.165) is 29.8 Å². The molecule has 0 aliphatic carbocycles. The number of nitrogens with zero attached hydrogens (tertiary/aromatic N) is 4. The number of hydrogen-bond acceptors (Lipinski definition) is 4. The molecule has 2 aromatic heterocycles. The molecule has 4 rings (SSSR count). The largest absolute Gasteiger partial charge is 0.436 e. The molecule has 0 fully saturated rings. The van der Waals surface area contributed by atoms with Crippen LogP contribution in [-0.2, 0) is 19.9 Å². The zero-order chi connectivity index (χ0) is 18.3. The molecule has 0 radical (unpaired) electrons. The molecule has 1 amide bonds. The van der Waals surface area contributed by atoms with Gasteiger partial charge in [-0.2, -0.15) is 5.10 Å². The third-order valence-corrected chi connectivity index (χ3v) is 4.91. The van der Waals surface area contributed by atoms with E-state index < -0.39 is 0 Å². The standard InChI is InChI=1S/C20H22N4O2/c1-13-19(26-14(2)21-13)20(25)24-11-9-16-17(10-12-24)22-23(3)18(16)15-7-5-4-6-8-15/h4-8H,9-12H2,1-3H3. The maximum absolute atomic E-state index is 12.8. The Labute approximate surface area is 152 Å². The first-order chi connectivity index (χ1) is 12.5. The van der Waals surface area contributed by atoms with Gasteiger partial charge in [0.05, 0.1) is 17.1 Å². The molecule has 0 unspecified atom stereocenters. The number of carbonyl (C=O) groups is 1. The number of carbonyl (C=O) groups excluding carboxylic acids is 1. The van der Waals surface area contributed by atoms with Gasteiger partial charge in [-0.05, 0) is 13.3 Å². The molecule has 1 aliphatic rings. The second-order valence-electron chi connectivity index (χ2n) is 6.70. The normalized spacial score (nSPS) is 14.2. The van der Waals surface area contributed by atoms with Crippen molar-refractivity contribution in [1.29, 1.82) is 0 Å². The van der Waals surface area contributed by atoms with Crippen LogP contribution in [-0.4, -0.2) is 38.7 Å². The fourth-order valence-electron chi connectivity index (χ4n) is 3.72. The van der Waals surface area contributed by atoms with Gasteiger partial charge < -0.3 is 9.32 Å².